The van der Waals surface area contributed by atoms with Gasteiger partial charge in [0.2, 0.25) is 5.95 Å². The summed E-state index contributed by atoms with van der Waals surface area (Å²) in [5.41, 5.74) is 2.17. The number of nitriles is 1. The number of carbonyl (C=O) groups excluding carboxylic acids is 1. The van der Waals surface area contributed by atoms with Gasteiger partial charge in [-0.05, 0) is 52.5 Å². The van der Waals surface area contributed by atoms with E-state index >= 15 is 0 Å². The normalized spacial score (nSPS) is 24.2. The van der Waals surface area contributed by atoms with Crippen molar-refractivity contribution in [1.82, 2.24) is 34.4 Å². The predicted octanol–water partition coefficient (Wildman–Crippen LogP) is 2.95. The van der Waals surface area contributed by atoms with Crippen molar-refractivity contribution in [3.8, 4) is 6.07 Å². The summed E-state index contributed by atoms with van der Waals surface area (Å²) in [6.07, 6.45) is 10.2. The molecule has 2 atom stereocenters. The Balaban J connectivity index is 1.20. The summed E-state index contributed by atoms with van der Waals surface area (Å²) in [6, 6.07) is 3.96. The number of nitrogens with zero attached hydrogens (tertiary/aromatic N) is 8. The maximum atomic E-state index is 12.2. The highest BCUT2D eigenvalue weighted by Crippen LogP contribution is 2.40. The number of aryl methyl sites for hydroxylation is 1. The van der Waals surface area contributed by atoms with Crippen LogP contribution in [0.1, 0.15) is 55.8 Å². The molecule has 2 bridgehead atoms. The molecule has 0 radical (unpaired) electrons. The van der Waals surface area contributed by atoms with Crippen LogP contribution in [0.2, 0.25) is 0 Å². The molecule has 11 nitrogen and oxygen atoms in total. The minimum Gasteiger partial charge on any atom is -0.369 e. The van der Waals surface area contributed by atoms with Crippen molar-refractivity contribution in [1.29, 1.82) is 5.26 Å². The van der Waals surface area contributed by atoms with E-state index in [9.17, 15) is 10.1 Å². The zero-order valence-corrected chi connectivity index (χ0v) is 21.4. The number of carbonyl (C=O) groups is 1. The van der Waals surface area contributed by atoms with Crippen LogP contribution >= 0.6 is 0 Å². The molecule has 192 valence electrons. The van der Waals surface area contributed by atoms with Gasteiger partial charge in [0.1, 0.15) is 17.5 Å². The van der Waals surface area contributed by atoms with Crippen LogP contribution in [0.25, 0.3) is 0 Å². The smallest absolute Gasteiger partial charge is 0.319 e. The molecule has 11 heteroatoms. The van der Waals surface area contributed by atoms with E-state index in [2.05, 4.69) is 49.5 Å². The Kier molecular flexibility index (Phi) is 6.96. The highest BCUT2D eigenvalue weighted by molar-refractivity contribution is 5.74. The van der Waals surface area contributed by atoms with Gasteiger partial charge >= 0.3 is 6.03 Å². The number of hydrogen-bond donors (Lipinski definition) is 2. The SMILES string of the molecule is Cc1nn(C2CC3CCC(C2)N3C)cc1Nc1ncc(C#N)c(NCCCN2CCCN(C)C2=O)n1. The van der Waals surface area contributed by atoms with E-state index in [0.717, 1.165) is 50.2 Å². The highest BCUT2D eigenvalue weighted by atomic mass is 16.2. The zero-order chi connectivity index (χ0) is 25.2. The molecule has 5 rings (SSSR count). The molecular formula is C25H36N10O. The Bertz CT molecular complexity index is 1130. The minimum absolute atomic E-state index is 0.0799. The third-order valence-corrected chi connectivity index (χ3v) is 7.94. The molecule has 3 fully saturated rings. The Morgan fingerprint density at radius 2 is 1.94 bits per heavy atom. The Labute approximate surface area is 212 Å². The maximum absolute atomic E-state index is 12.2. The molecule has 2 unspecified atom stereocenters. The summed E-state index contributed by atoms with van der Waals surface area (Å²) in [4.78, 5) is 27.3. The van der Waals surface area contributed by atoms with E-state index in [1.54, 1.807) is 4.90 Å². The third kappa shape index (κ3) is 4.95. The van der Waals surface area contributed by atoms with Crippen LogP contribution in [0.3, 0.4) is 0 Å². The lowest BCUT2D eigenvalue weighted by atomic mass is 9.98. The first-order valence-corrected chi connectivity index (χ1v) is 13.0. The summed E-state index contributed by atoms with van der Waals surface area (Å²) in [7, 11) is 4.09. The van der Waals surface area contributed by atoms with Gasteiger partial charge in [-0.3, -0.25) is 4.68 Å². The summed E-state index contributed by atoms with van der Waals surface area (Å²) < 4.78 is 2.11. The van der Waals surface area contributed by atoms with Gasteiger partial charge in [-0.15, -0.1) is 0 Å². The van der Waals surface area contributed by atoms with Crippen LogP contribution in [0.4, 0.5) is 22.2 Å². The van der Waals surface area contributed by atoms with Crippen molar-refractivity contribution in [2.24, 2.45) is 0 Å². The largest absolute Gasteiger partial charge is 0.369 e. The molecule has 2 N–H and O–H groups in total. The van der Waals surface area contributed by atoms with Crippen molar-refractivity contribution in [3.63, 3.8) is 0 Å². The van der Waals surface area contributed by atoms with E-state index in [4.69, 9.17) is 5.10 Å². The number of anilines is 3. The number of hydrogen-bond acceptors (Lipinski definition) is 8. The molecule has 2 aromatic rings. The molecule has 3 saturated heterocycles. The van der Waals surface area contributed by atoms with Crippen molar-refractivity contribution < 1.29 is 4.79 Å². The Morgan fingerprint density at radius 3 is 2.69 bits per heavy atom. The first-order chi connectivity index (χ1) is 17.4. The van der Waals surface area contributed by atoms with Gasteiger partial charge in [0.05, 0.1) is 23.6 Å². The van der Waals surface area contributed by atoms with Crippen LogP contribution in [0.5, 0.6) is 0 Å². The van der Waals surface area contributed by atoms with Gasteiger partial charge in [0, 0.05) is 51.5 Å². The van der Waals surface area contributed by atoms with Gasteiger partial charge in [0.25, 0.3) is 0 Å². The van der Waals surface area contributed by atoms with E-state index in [0.29, 0.717) is 48.5 Å². The van der Waals surface area contributed by atoms with Crippen molar-refractivity contribution in [2.75, 3.05) is 50.9 Å². The number of nitrogens with one attached hydrogen (secondary N) is 2. The highest BCUT2D eigenvalue weighted by Gasteiger charge is 2.39. The van der Waals surface area contributed by atoms with Crippen LogP contribution in [-0.4, -0.2) is 92.8 Å². The molecule has 2 amide bonds. The lowest BCUT2D eigenvalue weighted by Crippen LogP contribution is -2.47. The molecule has 0 aliphatic carbocycles. The fourth-order valence-corrected chi connectivity index (χ4v) is 5.78. The Morgan fingerprint density at radius 1 is 1.17 bits per heavy atom. The fraction of sp³-hybridized carbons (Fsp3) is 0.640. The average molecular weight is 493 g/mol. The molecule has 5 heterocycles. The van der Waals surface area contributed by atoms with E-state index in [1.807, 2.05) is 18.9 Å². The van der Waals surface area contributed by atoms with Crippen molar-refractivity contribution in [3.05, 3.63) is 23.7 Å². The minimum atomic E-state index is 0.0799. The summed E-state index contributed by atoms with van der Waals surface area (Å²) >= 11 is 0. The second-order valence-electron chi connectivity index (χ2n) is 10.3. The lowest BCUT2D eigenvalue weighted by Gasteiger charge is -2.36. The molecule has 3 aliphatic rings. The second kappa shape index (κ2) is 10.3. The molecule has 2 aromatic heterocycles. The van der Waals surface area contributed by atoms with Gasteiger partial charge < -0.3 is 25.3 Å². The van der Waals surface area contributed by atoms with Crippen molar-refractivity contribution in [2.45, 2.75) is 63.6 Å². The first kappa shape index (κ1) is 24.3. The van der Waals surface area contributed by atoms with Crippen LogP contribution in [-0.2, 0) is 0 Å². The van der Waals surface area contributed by atoms with E-state index < -0.39 is 0 Å². The molecule has 36 heavy (non-hydrogen) atoms. The number of fused-ring (bicyclic) bond motifs is 2. The standard InChI is InChI=1S/C25H36N10O/c1-17-22(16-35(31-17)21-12-19-6-7-20(13-21)33(19)3)29-24-28-15-18(14-26)23(30-24)27-8-4-10-34-11-5-9-32(2)25(34)36/h15-16,19-21H,4-13H2,1-3H3,(H2,27,28,29,30). The van der Waals surface area contributed by atoms with Gasteiger partial charge in [-0.25, -0.2) is 9.78 Å². The number of rotatable bonds is 8. The van der Waals surface area contributed by atoms with E-state index in [1.165, 1.54) is 19.0 Å². The van der Waals surface area contributed by atoms with E-state index in [-0.39, 0.29) is 6.03 Å². The third-order valence-electron chi connectivity index (χ3n) is 7.94. The molecule has 3 aliphatic heterocycles. The first-order valence-electron chi connectivity index (χ1n) is 13.0. The topological polar surface area (TPSA) is 118 Å². The lowest BCUT2D eigenvalue weighted by molar-refractivity contribution is 0.131. The Hall–Kier alpha value is -3.39. The quantitative estimate of drug-likeness (QED) is 0.540. The fourth-order valence-electron chi connectivity index (χ4n) is 5.78. The van der Waals surface area contributed by atoms with Crippen molar-refractivity contribution >= 4 is 23.5 Å². The molecule has 0 spiro atoms. The van der Waals surface area contributed by atoms with Crippen LogP contribution in [0.15, 0.2) is 12.4 Å². The summed E-state index contributed by atoms with van der Waals surface area (Å²) in [5, 5.41) is 20.9. The summed E-state index contributed by atoms with van der Waals surface area (Å²) in [6.45, 7) is 4.87. The number of aromatic nitrogens is 4. The van der Waals surface area contributed by atoms with Crippen LogP contribution in [0, 0.1) is 18.3 Å². The van der Waals surface area contributed by atoms with Crippen LogP contribution < -0.4 is 10.6 Å². The number of piperidine rings is 1. The summed E-state index contributed by atoms with van der Waals surface area (Å²) in [5.74, 6) is 0.921. The monoisotopic (exact) mass is 492 g/mol. The van der Waals surface area contributed by atoms with Gasteiger partial charge in [-0.2, -0.15) is 15.3 Å². The number of amides is 2. The number of urea groups is 1. The molecule has 0 saturated carbocycles. The maximum Gasteiger partial charge on any atom is 0.319 e. The van der Waals surface area contributed by atoms with Gasteiger partial charge in [-0.1, -0.05) is 0 Å². The van der Waals surface area contributed by atoms with Gasteiger partial charge in [0.15, 0.2) is 0 Å². The average Bonchev–Trinajstić information content (AvgIpc) is 3.31. The molecular weight excluding hydrogens is 456 g/mol. The predicted molar refractivity (Wildman–Crippen MR) is 137 cm³/mol. The molecule has 0 aromatic carbocycles. The second-order valence-corrected chi connectivity index (χ2v) is 10.3. The zero-order valence-electron chi connectivity index (χ0n) is 21.4.